The zero-order valence-electron chi connectivity index (χ0n) is 5.14. The van der Waals surface area contributed by atoms with Crippen LogP contribution in [-0.2, 0) is 21.6 Å². The van der Waals surface area contributed by atoms with Crippen LogP contribution in [0.5, 0.6) is 0 Å². The zero-order chi connectivity index (χ0) is 5.54. The Morgan fingerprint density at radius 2 is 1.80 bits per heavy atom. The average Bonchev–Trinajstić information content (AvgIpc) is 2.23. The first-order valence-corrected chi connectivity index (χ1v) is 2.01. The van der Waals surface area contributed by atoms with E-state index in [0.717, 1.165) is 6.42 Å². The molecule has 1 aliphatic rings. The molecule has 0 aromatic rings. The smallest absolute Gasteiger partial charge is 1.00 e. The Bertz CT molecular complexity index is 83.7. The molecule has 0 bridgehead atoms. The van der Waals surface area contributed by atoms with Crippen LogP contribution in [0, 0.1) is 6.08 Å². The van der Waals surface area contributed by atoms with E-state index in [1.165, 1.54) is 0 Å². The minimum absolute atomic E-state index is 0. The summed E-state index contributed by atoms with van der Waals surface area (Å²) in [5.41, 5.74) is 0. The molecule has 0 atom stereocenters. The summed E-state index contributed by atoms with van der Waals surface area (Å²) in [4.78, 5) is 8.00. The molecule has 1 aliphatic carbocycles. The topological polar surface area (TPSA) is 17.1 Å². The Balaban J connectivity index is -0.0000000337. The third-order valence-electron chi connectivity index (χ3n) is 0.586. The van der Waals surface area contributed by atoms with Crippen molar-refractivity contribution in [2.75, 3.05) is 0 Å². The van der Waals surface area contributed by atoms with Crippen molar-refractivity contribution < 1.29 is 55.5 Å². The van der Waals surface area contributed by atoms with Gasteiger partial charge in [0.15, 0.2) is 0 Å². The minimum Gasteiger partial charge on any atom is -1.00 e. The first-order chi connectivity index (χ1) is 3.50. The van der Waals surface area contributed by atoms with Crippen LogP contribution in [0.1, 0.15) is 6.42 Å². The largest absolute Gasteiger partial charge is 3.00 e. The minimum atomic E-state index is 0. The maximum atomic E-state index is 8.00. The van der Waals surface area contributed by atoms with Gasteiger partial charge >= 0.3 is 16.8 Å². The maximum absolute atomic E-state index is 8.00. The molecule has 0 aromatic heterocycles. The standard InChI is InChI=1S/C5H5.CH2O.2BrH.Co/c1-2-4-5-3-1;1-2;;;/h1-3H,4H2;1H2;2*1H;/q-1;;;;+3/p-2. The Hall–Kier alpha value is 0.616. The van der Waals surface area contributed by atoms with Crippen LogP contribution in [0.25, 0.3) is 0 Å². The predicted octanol–water partition coefficient (Wildman–Crippen LogP) is -4.87. The molecule has 0 aliphatic heterocycles. The summed E-state index contributed by atoms with van der Waals surface area (Å²) in [7, 11) is 0. The van der Waals surface area contributed by atoms with Gasteiger partial charge in [-0.25, -0.2) is 12.2 Å². The fourth-order valence-electron chi connectivity index (χ4n) is 0.340. The van der Waals surface area contributed by atoms with E-state index >= 15 is 0 Å². The van der Waals surface area contributed by atoms with Crippen LogP contribution in [0.2, 0.25) is 0 Å². The van der Waals surface area contributed by atoms with Gasteiger partial charge in [0.1, 0.15) is 6.79 Å². The molecule has 0 heterocycles. The summed E-state index contributed by atoms with van der Waals surface area (Å²) in [6.45, 7) is 2.00. The van der Waals surface area contributed by atoms with Crippen LogP contribution >= 0.6 is 0 Å². The van der Waals surface area contributed by atoms with Crippen molar-refractivity contribution in [1.82, 2.24) is 0 Å². The normalized spacial score (nSPS) is 9.20. The first kappa shape index (κ1) is 22.4. The Labute approximate surface area is 92.7 Å². The summed E-state index contributed by atoms with van der Waals surface area (Å²) in [5.74, 6) is 0. The number of carbonyl (C=O) groups excluding carboxylic acids is 1. The summed E-state index contributed by atoms with van der Waals surface area (Å²) in [5, 5.41) is 0. The van der Waals surface area contributed by atoms with Gasteiger partial charge in [-0.2, -0.15) is 6.08 Å². The quantitative estimate of drug-likeness (QED) is 0.410. The molecule has 0 spiro atoms. The maximum Gasteiger partial charge on any atom is 3.00 e. The molecule has 10 heavy (non-hydrogen) atoms. The average molecular weight is 314 g/mol. The van der Waals surface area contributed by atoms with Crippen molar-refractivity contribution in [3.8, 4) is 0 Å². The van der Waals surface area contributed by atoms with Crippen molar-refractivity contribution in [2.24, 2.45) is 0 Å². The molecule has 4 heteroatoms. The molecule has 1 rings (SSSR count). The van der Waals surface area contributed by atoms with E-state index < -0.39 is 0 Å². The van der Waals surface area contributed by atoms with Crippen molar-refractivity contribution in [1.29, 1.82) is 0 Å². The van der Waals surface area contributed by atoms with Crippen LogP contribution in [0.15, 0.2) is 18.2 Å². The molecular weight excluding hydrogens is 307 g/mol. The van der Waals surface area contributed by atoms with Gasteiger partial charge in [0.2, 0.25) is 0 Å². The van der Waals surface area contributed by atoms with Crippen LogP contribution in [0.4, 0.5) is 0 Å². The third kappa shape index (κ3) is 15.8. The number of allylic oxidation sites excluding steroid dienone is 4. The number of hydrogen-bond acceptors (Lipinski definition) is 1. The van der Waals surface area contributed by atoms with Gasteiger partial charge in [-0.15, -0.1) is 6.42 Å². The summed E-state index contributed by atoms with van der Waals surface area (Å²) >= 11 is 0. The van der Waals surface area contributed by atoms with Crippen molar-refractivity contribution in [3.63, 3.8) is 0 Å². The van der Waals surface area contributed by atoms with E-state index in [2.05, 4.69) is 12.2 Å². The molecule has 0 aromatic carbocycles. The van der Waals surface area contributed by atoms with Crippen LogP contribution in [0.3, 0.4) is 0 Å². The van der Waals surface area contributed by atoms with E-state index in [-0.39, 0.29) is 50.7 Å². The molecule has 0 amide bonds. The first-order valence-electron chi connectivity index (χ1n) is 2.01. The van der Waals surface area contributed by atoms with Gasteiger partial charge in [-0.3, -0.25) is 6.08 Å². The van der Waals surface area contributed by atoms with Gasteiger partial charge in [-0.1, -0.05) is 0 Å². The molecule has 0 saturated heterocycles. The second-order valence-electron chi connectivity index (χ2n) is 1.00. The second kappa shape index (κ2) is 22.6. The molecule has 60 valence electrons. The Kier molecular flexibility index (Phi) is 50.8. The van der Waals surface area contributed by atoms with Gasteiger partial charge in [0.05, 0.1) is 0 Å². The Morgan fingerprint density at radius 3 is 1.90 bits per heavy atom. The SMILES string of the molecule is C=O.[Br-].[Br-].[C-]1=CC=CC1.[Co+3]. The molecule has 0 unspecified atom stereocenters. The van der Waals surface area contributed by atoms with Crippen LogP contribution < -0.4 is 34.0 Å². The van der Waals surface area contributed by atoms with Crippen molar-refractivity contribution >= 4 is 6.79 Å². The molecule has 1 nitrogen and oxygen atoms in total. The van der Waals surface area contributed by atoms with Crippen molar-refractivity contribution in [2.45, 2.75) is 6.42 Å². The summed E-state index contributed by atoms with van der Waals surface area (Å²) < 4.78 is 0. The van der Waals surface area contributed by atoms with Crippen LogP contribution in [-0.4, -0.2) is 6.79 Å². The van der Waals surface area contributed by atoms with E-state index in [1.54, 1.807) is 0 Å². The number of rotatable bonds is 0. The second-order valence-corrected chi connectivity index (χ2v) is 1.00. The summed E-state index contributed by atoms with van der Waals surface area (Å²) in [6.07, 6.45) is 10.0. The molecule has 0 fully saturated rings. The molecule has 0 saturated carbocycles. The summed E-state index contributed by atoms with van der Waals surface area (Å²) in [6, 6.07) is 0. The van der Waals surface area contributed by atoms with Gasteiger partial charge in [0, 0.05) is 0 Å². The number of carbonyl (C=O) groups is 1. The third-order valence-corrected chi connectivity index (χ3v) is 0.586. The number of hydrogen-bond donors (Lipinski definition) is 0. The molecular formula is C6H7Br2CoO. The Morgan fingerprint density at radius 1 is 1.30 bits per heavy atom. The monoisotopic (exact) mass is 312 g/mol. The van der Waals surface area contributed by atoms with Crippen molar-refractivity contribution in [3.05, 3.63) is 24.3 Å². The molecule has 0 N–H and O–H groups in total. The predicted molar refractivity (Wildman–Crippen MR) is 28.7 cm³/mol. The van der Waals surface area contributed by atoms with Gasteiger partial charge in [-0.05, 0) is 0 Å². The van der Waals surface area contributed by atoms with Gasteiger partial charge < -0.3 is 38.8 Å². The van der Waals surface area contributed by atoms with E-state index in [4.69, 9.17) is 4.79 Å². The van der Waals surface area contributed by atoms with E-state index in [1.807, 2.05) is 18.9 Å². The van der Waals surface area contributed by atoms with E-state index in [0.29, 0.717) is 0 Å². The fraction of sp³-hybridized carbons (Fsp3) is 0.167. The fourth-order valence-corrected chi connectivity index (χ4v) is 0.340. The zero-order valence-corrected chi connectivity index (χ0v) is 9.36. The number of halogens is 2. The van der Waals surface area contributed by atoms with Gasteiger partial charge in [0.25, 0.3) is 0 Å². The van der Waals surface area contributed by atoms with E-state index in [9.17, 15) is 0 Å². The molecule has 0 radical (unpaired) electrons.